The Balaban J connectivity index is 2.44. The standard InChI is InChI=1S/C17H14ClNO/c1-10-5-3-4-6-12(10)17-13(9-20)15-14(18)8-7-11(2)16(15)19-17/h3-9,19H,1-2H3. The van der Waals surface area contributed by atoms with Gasteiger partial charge in [0.1, 0.15) is 0 Å². The van der Waals surface area contributed by atoms with Crippen LogP contribution in [0.15, 0.2) is 36.4 Å². The van der Waals surface area contributed by atoms with Crippen molar-refractivity contribution in [1.29, 1.82) is 0 Å². The molecule has 3 rings (SSSR count). The Bertz CT molecular complexity index is 817. The SMILES string of the molecule is Cc1ccccc1-c1[nH]c2c(C)ccc(Cl)c2c1C=O. The summed E-state index contributed by atoms with van der Waals surface area (Å²) >= 11 is 6.27. The zero-order valence-electron chi connectivity index (χ0n) is 11.3. The summed E-state index contributed by atoms with van der Waals surface area (Å²) in [4.78, 5) is 14.9. The van der Waals surface area contributed by atoms with Gasteiger partial charge < -0.3 is 4.98 Å². The first-order valence-corrected chi connectivity index (χ1v) is 6.83. The van der Waals surface area contributed by atoms with E-state index in [1.165, 1.54) is 0 Å². The summed E-state index contributed by atoms with van der Waals surface area (Å²) in [7, 11) is 0. The maximum Gasteiger partial charge on any atom is 0.152 e. The number of hydrogen-bond donors (Lipinski definition) is 1. The maximum absolute atomic E-state index is 11.6. The highest BCUT2D eigenvalue weighted by Crippen LogP contribution is 2.36. The molecule has 100 valence electrons. The van der Waals surface area contributed by atoms with Crippen molar-refractivity contribution < 1.29 is 4.79 Å². The van der Waals surface area contributed by atoms with Crippen LogP contribution < -0.4 is 0 Å². The predicted octanol–water partition coefficient (Wildman–Crippen LogP) is 4.92. The van der Waals surface area contributed by atoms with E-state index >= 15 is 0 Å². The summed E-state index contributed by atoms with van der Waals surface area (Å²) in [5.41, 5.74) is 5.62. The number of aromatic amines is 1. The van der Waals surface area contributed by atoms with Gasteiger partial charge in [0.25, 0.3) is 0 Å². The summed E-state index contributed by atoms with van der Waals surface area (Å²) < 4.78 is 0. The summed E-state index contributed by atoms with van der Waals surface area (Å²) in [6.07, 6.45) is 0.881. The fourth-order valence-electron chi connectivity index (χ4n) is 2.61. The van der Waals surface area contributed by atoms with Crippen LogP contribution in [0.4, 0.5) is 0 Å². The van der Waals surface area contributed by atoms with Gasteiger partial charge >= 0.3 is 0 Å². The number of nitrogens with one attached hydrogen (secondary N) is 1. The van der Waals surface area contributed by atoms with Crippen LogP contribution in [0.1, 0.15) is 21.5 Å². The van der Waals surface area contributed by atoms with Crippen LogP contribution in [0.25, 0.3) is 22.2 Å². The molecule has 3 aromatic rings. The fourth-order valence-corrected chi connectivity index (χ4v) is 2.87. The normalized spacial score (nSPS) is 10.9. The zero-order chi connectivity index (χ0) is 14.3. The highest BCUT2D eigenvalue weighted by Gasteiger charge is 2.17. The van der Waals surface area contributed by atoms with E-state index in [2.05, 4.69) is 4.98 Å². The van der Waals surface area contributed by atoms with Crippen LogP contribution in [0, 0.1) is 13.8 Å². The number of fused-ring (bicyclic) bond motifs is 1. The van der Waals surface area contributed by atoms with Crippen molar-refractivity contribution in [3.8, 4) is 11.3 Å². The second-order valence-corrected chi connectivity index (χ2v) is 5.37. The van der Waals surface area contributed by atoms with E-state index in [0.29, 0.717) is 10.6 Å². The first kappa shape index (κ1) is 12.9. The topological polar surface area (TPSA) is 32.9 Å². The molecular weight excluding hydrogens is 270 g/mol. The summed E-state index contributed by atoms with van der Waals surface area (Å²) in [5.74, 6) is 0. The van der Waals surface area contributed by atoms with Gasteiger partial charge in [0, 0.05) is 16.5 Å². The van der Waals surface area contributed by atoms with E-state index in [1.807, 2.05) is 50.2 Å². The van der Waals surface area contributed by atoms with Crippen molar-refractivity contribution in [3.05, 3.63) is 58.1 Å². The van der Waals surface area contributed by atoms with Gasteiger partial charge in [-0.1, -0.05) is 41.9 Å². The third kappa shape index (κ3) is 1.84. The van der Waals surface area contributed by atoms with Gasteiger partial charge in [0.05, 0.1) is 16.2 Å². The first-order valence-electron chi connectivity index (χ1n) is 6.45. The molecule has 1 N–H and O–H groups in total. The molecule has 0 fully saturated rings. The van der Waals surface area contributed by atoms with Crippen LogP contribution in [-0.2, 0) is 0 Å². The lowest BCUT2D eigenvalue weighted by molar-refractivity contribution is 0.112. The number of carbonyl (C=O) groups excluding carboxylic acids is 1. The molecule has 2 aromatic carbocycles. The molecule has 0 atom stereocenters. The Kier molecular flexibility index (Phi) is 3.11. The van der Waals surface area contributed by atoms with Gasteiger partial charge in [0.2, 0.25) is 0 Å². The van der Waals surface area contributed by atoms with Gasteiger partial charge in [-0.2, -0.15) is 0 Å². The quantitative estimate of drug-likeness (QED) is 0.666. The average Bonchev–Trinajstić information content (AvgIpc) is 2.84. The lowest BCUT2D eigenvalue weighted by atomic mass is 10.0. The number of rotatable bonds is 2. The number of hydrogen-bond acceptors (Lipinski definition) is 1. The molecule has 0 saturated carbocycles. The van der Waals surface area contributed by atoms with Gasteiger partial charge in [-0.15, -0.1) is 0 Å². The largest absolute Gasteiger partial charge is 0.354 e. The lowest BCUT2D eigenvalue weighted by Crippen LogP contribution is -1.87. The van der Waals surface area contributed by atoms with Gasteiger partial charge in [-0.05, 0) is 31.0 Å². The summed E-state index contributed by atoms with van der Waals surface area (Å²) in [6.45, 7) is 4.04. The summed E-state index contributed by atoms with van der Waals surface area (Å²) in [5, 5.41) is 1.41. The molecule has 0 spiro atoms. The second kappa shape index (κ2) is 4.80. The summed E-state index contributed by atoms with van der Waals surface area (Å²) in [6, 6.07) is 11.8. The molecule has 1 aromatic heterocycles. The Labute approximate surface area is 122 Å². The number of aromatic nitrogens is 1. The van der Waals surface area contributed by atoms with Crippen LogP contribution in [0.2, 0.25) is 5.02 Å². The third-order valence-corrected chi connectivity index (χ3v) is 4.00. The van der Waals surface area contributed by atoms with E-state index in [-0.39, 0.29) is 0 Å². The van der Waals surface area contributed by atoms with E-state index in [1.54, 1.807) is 0 Å². The number of aryl methyl sites for hydroxylation is 2. The third-order valence-electron chi connectivity index (χ3n) is 3.68. The monoisotopic (exact) mass is 283 g/mol. The van der Waals surface area contributed by atoms with E-state index in [0.717, 1.165) is 39.6 Å². The fraction of sp³-hybridized carbons (Fsp3) is 0.118. The molecule has 0 amide bonds. The molecule has 3 heteroatoms. The molecule has 1 heterocycles. The molecule has 20 heavy (non-hydrogen) atoms. The molecule has 0 saturated heterocycles. The second-order valence-electron chi connectivity index (χ2n) is 4.96. The zero-order valence-corrected chi connectivity index (χ0v) is 12.1. The highest BCUT2D eigenvalue weighted by atomic mass is 35.5. The predicted molar refractivity (Wildman–Crippen MR) is 83.6 cm³/mol. The number of halogens is 1. The van der Waals surface area contributed by atoms with Crippen LogP contribution >= 0.6 is 11.6 Å². The maximum atomic E-state index is 11.6. The minimum Gasteiger partial charge on any atom is -0.354 e. The molecular formula is C17H14ClNO. The highest BCUT2D eigenvalue weighted by molar-refractivity contribution is 6.37. The van der Waals surface area contributed by atoms with E-state index < -0.39 is 0 Å². The van der Waals surface area contributed by atoms with Gasteiger partial charge in [-0.25, -0.2) is 0 Å². The van der Waals surface area contributed by atoms with E-state index in [9.17, 15) is 4.79 Å². The Morgan fingerprint density at radius 3 is 2.50 bits per heavy atom. The minimum atomic E-state index is 0.601. The number of carbonyl (C=O) groups is 1. The van der Waals surface area contributed by atoms with Crippen LogP contribution in [0.3, 0.4) is 0 Å². The lowest BCUT2D eigenvalue weighted by Gasteiger charge is -2.04. The minimum absolute atomic E-state index is 0.601. The smallest absolute Gasteiger partial charge is 0.152 e. The van der Waals surface area contributed by atoms with Crippen molar-refractivity contribution in [3.63, 3.8) is 0 Å². The average molecular weight is 284 g/mol. The van der Waals surface area contributed by atoms with Crippen LogP contribution in [-0.4, -0.2) is 11.3 Å². The van der Waals surface area contributed by atoms with Crippen LogP contribution in [0.5, 0.6) is 0 Å². The number of benzene rings is 2. The molecule has 0 aliphatic heterocycles. The van der Waals surface area contributed by atoms with Crippen molar-refractivity contribution in [2.24, 2.45) is 0 Å². The Morgan fingerprint density at radius 2 is 1.80 bits per heavy atom. The van der Waals surface area contributed by atoms with E-state index in [4.69, 9.17) is 11.6 Å². The Morgan fingerprint density at radius 1 is 1.05 bits per heavy atom. The molecule has 0 aliphatic rings. The molecule has 0 aliphatic carbocycles. The van der Waals surface area contributed by atoms with Crippen molar-refractivity contribution >= 4 is 28.8 Å². The van der Waals surface area contributed by atoms with Crippen molar-refractivity contribution in [2.45, 2.75) is 13.8 Å². The molecule has 0 bridgehead atoms. The number of aldehydes is 1. The van der Waals surface area contributed by atoms with Gasteiger partial charge in [0.15, 0.2) is 6.29 Å². The van der Waals surface area contributed by atoms with Crippen molar-refractivity contribution in [1.82, 2.24) is 4.98 Å². The first-order chi connectivity index (χ1) is 9.63. The Hall–Kier alpha value is -2.06. The number of H-pyrrole nitrogens is 1. The molecule has 0 radical (unpaired) electrons. The molecule has 0 unspecified atom stereocenters. The van der Waals surface area contributed by atoms with Crippen molar-refractivity contribution in [2.75, 3.05) is 0 Å². The van der Waals surface area contributed by atoms with Gasteiger partial charge in [-0.3, -0.25) is 4.79 Å². The molecule has 2 nitrogen and oxygen atoms in total.